The number of ether oxygens (including phenoxy) is 3. The zero-order chi connectivity index (χ0) is 51.5. The number of aliphatic hydroxyl groups excluding tert-OH is 4. The predicted octanol–water partition coefficient (Wildman–Crippen LogP) is 6.87. The number of allylic oxidation sites excluding steroid dienone is 2. The van der Waals surface area contributed by atoms with Crippen LogP contribution in [-0.4, -0.2) is 115 Å². The lowest BCUT2D eigenvalue weighted by atomic mass is 9.33. The van der Waals surface area contributed by atoms with Crippen LogP contribution in [0, 0.1) is 75.7 Å². The molecule has 0 aromatic heterocycles. The first-order valence-electron chi connectivity index (χ1n) is 25.0. The van der Waals surface area contributed by atoms with Gasteiger partial charge >= 0.3 is 17.6 Å². The smallest absolute Gasteiger partial charge is 0.321 e. The van der Waals surface area contributed by atoms with Crippen LogP contribution in [0.25, 0.3) is 0 Å². The molecule has 5 N–H and O–H groups in total. The van der Waals surface area contributed by atoms with Gasteiger partial charge in [0.15, 0.2) is 0 Å². The van der Waals surface area contributed by atoms with Gasteiger partial charge in [-0.05, 0) is 117 Å². The Bertz CT molecular complexity index is 2250. The molecular formula is C49H74N6O15. The van der Waals surface area contributed by atoms with Gasteiger partial charge in [0.1, 0.15) is 42.3 Å². The van der Waals surface area contributed by atoms with Gasteiger partial charge in [0.25, 0.3) is 5.69 Å². The van der Waals surface area contributed by atoms with E-state index in [0.29, 0.717) is 25.3 Å². The molecule has 0 unspecified atom stereocenters. The molecule has 1 heterocycles. The fourth-order valence-corrected chi connectivity index (χ4v) is 14.4. The van der Waals surface area contributed by atoms with Crippen LogP contribution in [0.5, 0.6) is 5.75 Å². The minimum absolute atomic E-state index is 0.0569. The predicted molar refractivity (Wildman–Crippen MR) is 251 cm³/mol. The molecule has 6 aliphatic rings. The Hall–Kier alpha value is -4.70. The number of hydrogen-bond acceptors (Lipinski definition) is 17. The highest BCUT2D eigenvalue weighted by atomic mass is 16.7. The summed E-state index contributed by atoms with van der Waals surface area (Å²) in [5.74, 6) is -1.16. The van der Waals surface area contributed by atoms with E-state index in [1.165, 1.54) is 10.6 Å². The lowest BCUT2D eigenvalue weighted by Gasteiger charge is -2.71. The summed E-state index contributed by atoms with van der Waals surface area (Å²) in [7, 11) is 0. The Morgan fingerprint density at radius 2 is 1.53 bits per heavy atom. The van der Waals surface area contributed by atoms with Crippen LogP contribution in [0.3, 0.4) is 0 Å². The second-order valence-electron chi connectivity index (χ2n) is 22.9. The minimum atomic E-state index is -1.69. The number of fused-ring (bicyclic) bond motifs is 7. The lowest BCUT2D eigenvalue weighted by Crippen LogP contribution is -2.65. The molecule has 1 aromatic rings. The Balaban J connectivity index is 1.06. The Kier molecular flexibility index (Phi) is 14.7. The van der Waals surface area contributed by atoms with Crippen LogP contribution in [0.15, 0.2) is 29.1 Å². The number of anilines is 1. The summed E-state index contributed by atoms with van der Waals surface area (Å²) in [4.78, 5) is 55.7. The SMILES string of the molecule is CCN(CC)/[N+]([O-])=N/Oc1cc(NCCC(=O)O[C@H]2CC[C@]3(C)[C@H]4CC=C5[C@@H]6CC(C)(C)CC[C@]6(C(=O)O[C@@H]6O[C@H](CO)[C@H](O)[C@H](O)[C@H]6O)CC[C@@]5(C)[C@]4(C)CC[C@H]3C2(C)C)c([N+](=O)[O-])cc1[N+](=O)[O-]. The molecule has 0 radical (unpaired) electrons. The number of rotatable bonds is 15. The quantitative estimate of drug-likeness (QED) is 0.0299. The van der Waals surface area contributed by atoms with E-state index < -0.39 is 93.2 Å². The fraction of sp³-hybridized carbons (Fsp3) is 0.796. The van der Waals surface area contributed by atoms with E-state index in [1.54, 1.807) is 13.8 Å². The zero-order valence-corrected chi connectivity index (χ0v) is 42.1. The monoisotopic (exact) mass is 987 g/mol. The molecule has 4 saturated carbocycles. The van der Waals surface area contributed by atoms with Crippen molar-refractivity contribution >= 4 is 29.0 Å². The summed E-state index contributed by atoms with van der Waals surface area (Å²) in [6, 6.07) is 1.72. The first kappa shape index (κ1) is 53.1. The van der Waals surface area contributed by atoms with Crippen molar-refractivity contribution in [1.29, 1.82) is 0 Å². The molecule has 1 aromatic carbocycles. The average Bonchev–Trinajstić information content (AvgIpc) is 3.29. The van der Waals surface area contributed by atoms with Gasteiger partial charge in [-0.3, -0.25) is 34.7 Å². The van der Waals surface area contributed by atoms with Crippen molar-refractivity contribution in [1.82, 2.24) is 5.01 Å². The van der Waals surface area contributed by atoms with E-state index >= 15 is 0 Å². The van der Waals surface area contributed by atoms with Gasteiger partial charge in [-0.15, -0.1) is 5.01 Å². The van der Waals surface area contributed by atoms with E-state index in [9.17, 15) is 55.5 Å². The highest BCUT2D eigenvalue weighted by Crippen LogP contribution is 2.76. The Morgan fingerprint density at radius 1 is 0.857 bits per heavy atom. The van der Waals surface area contributed by atoms with Crippen molar-refractivity contribution in [2.24, 2.45) is 55.5 Å². The third kappa shape index (κ3) is 8.99. The molecule has 390 valence electrons. The lowest BCUT2D eigenvalue weighted by molar-refractivity contribution is -0.706. The zero-order valence-electron chi connectivity index (χ0n) is 42.1. The molecule has 21 heteroatoms. The molecule has 0 bridgehead atoms. The maximum Gasteiger partial charge on any atom is 0.321 e. The molecule has 1 saturated heterocycles. The molecule has 13 atom stereocenters. The summed E-state index contributed by atoms with van der Waals surface area (Å²) in [5, 5.41) is 85.2. The van der Waals surface area contributed by atoms with E-state index in [1.807, 2.05) is 0 Å². The summed E-state index contributed by atoms with van der Waals surface area (Å²) in [5.41, 5.74) is -2.16. The van der Waals surface area contributed by atoms with Crippen molar-refractivity contribution in [3.8, 4) is 5.75 Å². The maximum atomic E-state index is 14.7. The number of esters is 2. The summed E-state index contributed by atoms with van der Waals surface area (Å²) < 4.78 is 17.9. The number of aliphatic hydroxyl groups is 4. The molecule has 0 amide bonds. The largest absolute Gasteiger partial charge is 0.569 e. The molecule has 1 aliphatic heterocycles. The van der Waals surface area contributed by atoms with Crippen LogP contribution in [0.4, 0.5) is 17.1 Å². The summed E-state index contributed by atoms with van der Waals surface area (Å²) in [6.07, 6.45) is 1.72. The third-order valence-corrected chi connectivity index (χ3v) is 18.6. The van der Waals surface area contributed by atoms with Crippen LogP contribution in [0.1, 0.15) is 133 Å². The van der Waals surface area contributed by atoms with Crippen molar-refractivity contribution < 1.29 is 63.9 Å². The van der Waals surface area contributed by atoms with E-state index in [4.69, 9.17) is 19.0 Å². The van der Waals surface area contributed by atoms with Crippen molar-refractivity contribution in [2.45, 2.75) is 170 Å². The third-order valence-electron chi connectivity index (χ3n) is 18.6. The van der Waals surface area contributed by atoms with Crippen LogP contribution in [-0.2, 0) is 23.8 Å². The normalized spacial score (nSPS) is 37.5. The second kappa shape index (κ2) is 19.4. The summed E-state index contributed by atoms with van der Waals surface area (Å²) >= 11 is 0. The van der Waals surface area contributed by atoms with E-state index in [2.05, 4.69) is 65.1 Å². The van der Waals surface area contributed by atoms with Crippen molar-refractivity contribution in [3.05, 3.63) is 49.2 Å². The number of carbonyl (C=O) groups excluding carboxylic acids is 2. The highest BCUT2D eigenvalue weighted by Gasteiger charge is 2.70. The number of benzene rings is 1. The molecule has 5 aliphatic carbocycles. The van der Waals surface area contributed by atoms with E-state index in [0.717, 1.165) is 51.0 Å². The van der Waals surface area contributed by atoms with Gasteiger partial charge in [-0.25, -0.2) is 0 Å². The molecule has 70 heavy (non-hydrogen) atoms. The maximum absolute atomic E-state index is 14.7. The molecule has 0 spiro atoms. The average molecular weight is 987 g/mol. The minimum Gasteiger partial charge on any atom is -0.569 e. The standard InChI is InChI=1S/C49H74N6O15/c1-10-52(11-2)55(66)51-70-33-24-30(31(53(62)63)25-32(33)54(64)65)50-23-16-38(57)68-37-15-17-46(7)35(45(37,5)6)14-18-48(9)36(46)13-12-28-29-26-44(3,4)19-21-49(29,22-20-47(28,48)8)43(61)69-42-41(60)40(59)39(58)34(27-56)67-42/h12,24-25,29,34-37,39-42,50,56,58-60H,10-11,13-23,26-27H2,1-9H3/b55-51-/t29-,34+,35-,36+,37-,39-,40-,41+,42-,46-,47+,48+,49-/m0/s1. The number of nitro groups is 2. The van der Waals surface area contributed by atoms with Gasteiger partial charge < -0.3 is 45.2 Å². The van der Waals surface area contributed by atoms with Gasteiger partial charge in [0.2, 0.25) is 17.3 Å². The Labute approximate surface area is 408 Å². The summed E-state index contributed by atoms with van der Waals surface area (Å²) in [6.45, 7) is 19.3. The number of nitro benzene ring substituents is 2. The first-order chi connectivity index (χ1) is 32.7. The molecule has 7 rings (SSSR count). The Morgan fingerprint density at radius 3 is 2.17 bits per heavy atom. The van der Waals surface area contributed by atoms with Crippen LogP contribution in [0.2, 0.25) is 0 Å². The number of carbonyl (C=O) groups is 2. The number of hydrogen-bond donors (Lipinski definition) is 5. The second-order valence-corrected chi connectivity index (χ2v) is 22.9. The van der Waals surface area contributed by atoms with Gasteiger partial charge in [0, 0.05) is 18.0 Å². The van der Waals surface area contributed by atoms with Crippen molar-refractivity contribution in [3.63, 3.8) is 0 Å². The van der Waals surface area contributed by atoms with Crippen LogP contribution < -0.4 is 10.2 Å². The fourth-order valence-electron chi connectivity index (χ4n) is 14.4. The first-order valence-corrected chi connectivity index (χ1v) is 25.0. The van der Waals surface area contributed by atoms with E-state index in [-0.39, 0.29) is 76.1 Å². The molecular weight excluding hydrogens is 913 g/mol. The number of nitrogens with zero attached hydrogens (tertiary/aromatic N) is 5. The highest BCUT2D eigenvalue weighted by molar-refractivity contribution is 5.79. The molecule has 5 fully saturated rings. The molecule has 21 nitrogen and oxygen atoms in total. The van der Waals surface area contributed by atoms with Crippen molar-refractivity contribution in [2.75, 3.05) is 31.6 Å². The van der Waals surface area contributed by atoms with Gasteiger partial charge in [-0.2, -0.15) is 0 Å². The van der Waals surface area contributed by atoms with Gasteiger partial charge in [0.05, 0.1) is 46.3 Å². The topological polar surface area (TPSA) is 292 Å². The van der Waals surface area contributed by atoms with Crippen LogP contribution >= 0.6 is 0 Å². The number of nitrogens with one attached hydrogen (secondary N) is 1. The number of hydrazine groups is 1. The van der Waals surface area contributed by atoms with Gasteiger partial charge in [-0.1, -0.05) is 60.1 Å².